The highest BCUT2D eigenvalue weighted by atomic mass is 127. The van der Waals surface area contributed by atoms with Crippen molar-refractivity contribution in [1.29, 1.82) is 0 Å². The fourth-order valence-electron chi connectivity index (χ4n) is 1.60. The largest absolute Gasteiger partial charge is 0.271 e. The standard InChI is InChI=1S/C10H12IN5/c1-16-9(6-13-15-16)10(14-12)7-4-2-3-5-8(7)11/h2-6,10,14H,12H2,1H3. The maximum absolute atomic E-state index is 5.61. The van der Waals surface area contributed by atoms with Gasteiger partial charge < -0.3 is 0 Å². The second-order valence-electron chi connectivity index (χ2n) is 3.40. The van der Waals surface area contributed by atoms with E-state index in [4.69, 9.17) is 5.84 Å². The molecule has 0 bridgehead atoms. The van der Waals surface area contributed by atoms with E-state index in [-0.39, 0.29) is 6.04 Å². The number of hydrogen-bond acceptors (Lipinski definition) is 4. The average Bonchev–Trinajstić information content (AvgIpc) is 2.69. The van der Waals surface area contributed by atoms with Crippen LogP contribution in [-0.2, 0) is 7.05 Å². The Morgan fingerprint density at radius 3 is 2.75 bits per heavy atom. The van der Waals surface area contributed by atoms with E-state index in [2.05, 4.69) is 38.3 Å². The van der Waals surface area contributed by atoms with E-state index in [1.54, 1.807) is 10.9 Å². The molecule has 0 saturated heterocycles. The molecule has 0 aliphatic heterocycles. The monoisotopic (exact) mass is 329 g/mol. The molecule has 0 amide bonds. The minimum atomic E-state index is -0.0897. The quantitative estimate of drug-likeness (QED) is 0.500. The summed E-state index contributed by atoms with van der Waals surface area (Å²) < 4.78 is 2.87. The third-order valence-electron chi connectivity index (χ3n) is 2.43. The molecular formula is C10H12IN5. The molecule has 1 atom stereocenters. The van der Waals surface area contributed by atoms with E-state index in [1.807, 2.05) is 31.3 Å². The van der Waals surface area contributed by atoms with Gasteiger partial charge in [0.25, 0.3) is 0 Å². The van der Waals surface area contributed by atoms with Crippen LogP contribution in [0.4, 0.5) is 0 Å². The van der Waals surface area contributed by atoms with Gasteiger partial charge in [-0.05, 0) is 34.2 Å². The van der Waals surface area contributed by atoms with Crippen LogP contribution >= 0.6 is 22.6 Å². The Morgan fingerprint density at radius 2 is 2.19 bits per heavy atom. The number of nitrogens with two attached hydrogens (primary N) is 1. The smallest absolute Gasteiger partial charge is 0.0904 e. The number of rotatable bonds is 3. The molecule has 3 N–H and O–H groups in total. The summed E-state index contributed by atoms with van der Waals surface area (Å²) in [4.78, 5) is 0. The lowest BCUT2D eigenvalue weighted by Crippen LogP contribution is -2.30. The third kappa shape index (κ3) is 2.08. The average molecular weight is 329 g/mol. The summed E-state index contributed by atoms with van der Waals surface area (Å²) in [5.41, 5.74) is 4.85. The van der Waals surface area contributed by atoms with Crippen LogP contribution in [0.15, 0.2) is 30.5 Å². The Balaban J connectivity index is 2.45. The van der Waals surface area contributed by atoms with Gasteiger partial charge in [-0.2, -0.15) is 0 Å². The molecule has 0 aliphatic rings. The van der Waals surface area contributed by atoms with Crippen molar-refractivity contribution in [2.45, 2.75) is 6.04 Å². The molecule has 0 fully saturated rings. The van der Waals surface area contributed by atoms with Crippen molar-refractivity contribution < 1.29 is 0 Å². The molecule has 6 heteroatoms. The van der Waals surface area contributed by atoms with Crippen molar-refractivity contribution in [3.63, 3.8) is 0 Å². The van der Waals surface area contributed by atoms with Gasteiger partial charge in [-0.1, -0.05) is 23.4 Å². The molecule has 0 spiro atoms. The minimum absolute atomic E-state index is 0.0897. The number of benzene rings is 1. The molecular weight excluding hydrogens is 317 g/mol. The molecule has 1 aromatic carbocycles. The normalized spacial score (nSPS) is 12.7. The molecule has 1 aromatic heterocycles. The van der Waals surface area contributed by atoms with E-state index in [0.717, 1.165) is 14.8 Å². The minimum Gasteiger partial charge on any atom is -0.271 e. The van der Waals surface area contributed by atoms with Gasteiger partial charge in [-0.25, -0.2) is 5.43 Å². The Labute approximate surface area is 107 Å². The molecule has 0 saturated carbocycles. The summed E-state index contributed by atoms with van der Waals surface area (Å²) in [6.45, 7) is 0. The fraction of sp³-hybridized carbons (Fsp3) is 0.200. The predicted molar refractivity (Wildman–Crippen MR) is 69.3 cm³/mol. The van der Waals surface area contributed by atoms with Crippen LogP contribution < -0.4 is 11.3 Å². The zero-order chi connectivity index (χ0) is 11.5. The zero-order valence-corrected chi connectivity index (χ0v) is 10.9. The maximum Gasteiger partial charge on any atom is 0.0904 e. The van der Waals surface area contributed by atoms with Crippen LogP contribution in [0, 0.1) is 3.57 Å². The van der Waals surface area contributed by atoms with Crippen LogP contribution in [0.5, 0.6) is 0 Å². The first kappa shape index (κ1) is 11.5. The molecule has 2 rings (SSSR count). The third-order valence-corrected chi connectivity index (χ3v) is 3.41. The van der Waals surface area contributed by atoms with Gasteiger partial charge in [0.2, 0.25) is 0 Å². The summed E-state index contributed by atoms with van der Waals surface area (Å²) in [6, 6.07) is 7.99. The van der Waals surface area contributed by atoms with Crippen LogP contribution in [0.1, 0.15) is 17.3 Å². The highest BCUT2D eigenvalue weighted by molar-refractivity contribution is 14.1. The Hall–Kier alpha value is -0.990. The van der Waals surface area contributed by atoms with Crippen molar-refractivity contribution in [2.24, 2.45) is 12.9 Å². The number of hydrazine groups is 1. The van der Waals surface area contributed by atoms with E-state index < -0.39 is 0 Å². The van der Waals surface area contributed by atoms with Crippen molar-refractivity contribution >= 4 is 22.6 Å². The zero-order valence-electron chi connectivity index (χ0n) is 8.76. The van der Waals surface area contributed by atoms with Crippen LogP contribution in [0.2, 0.25) is 0 Å². The molecule has 5 nitrogen and oxygen atoms in total. The van der Waals surface area contributed by atoms with Crippen LogP contribution in [-0.4, -0.2) is 15.0 Å². The van der Waals surface area contributed by atoms with Gasteiger partial charge >= 0.3 is 0 Å². The van der Waals surface area contributed by atoms with Gasteiger partial charge in [-0.3, -0.25) is 10.5 Å². The number of halogens is 1. The Kier molecular flexibility index (Phi) is 3.52. The highest BCUT2D eigenvalue weighted by Crippen LogP contribution is 2.24. The van der Waals surface area contributed by atoms with Crippen molar-refractivity contribution in [2.75, 3.05) is 0 Å². The number of aromatic nitrogens is 3. The lowest BCUT2D eigenvalue weighted by Gasteiger charge is -2.17. The molecule has 1 unspecified atom stereocenters. The SMILES string of the molecule is Cn1nncc1C(NN)c1ccccc1I. The Bertz CT molecular complexity index is 482. The number of aryl methyl sites for hydroxylation is 1. The van der Waals surface area contributed by atoms with E-state index >= 15 is 0 Å². The molecule has 2 aromatic rings. The van der Waals surface area contributed by atoms with Crippen molar-refractivity contribution in [3.05, 3.63) is 45.3 Å². The topological polar surface area (TPSA) is 68.8 Å². The van der Waals surface area contributed by atoms with Gasteiger partial charge in [0.05, 0.1) is 17.9 Å². The fourth-order valence-corrected chi connectivity index (χ4v) is 2.30. The lowest BCUT2D eigenvalue weighted by molar-refractivity contribution is 0.568. The number of hydrogen-bond donors (Lipinski definition) is 2. The first-order valence-corrected chi connectivity index (χ1v) is 5.87. The van der Waals surface area contributed by atoms with E-state index in [1.165, 1.54) is 0 Å². The summed E-state index contributed by atoms with van der Waals surface area (Å²) in [5, 5.41) is 7.77. The first-order chi connectivity index (χ1) is 7.74. The molecule has 84 valence electrons. The predicted octanol–water partition coefficient (Wildman–Crippen LogP) is 0.972. The molecule has 1 heterocycles. The molecule has 0 aliphatic carbocycles. The molecule has 16 heavy (non-hydrogen) atoms. The van der Waals surface area contributed by atoms with Gasteiger partial charge in [-0.15, -0.1) is 5.10 Å². The van der Waals surface area contributed by atoms with E-state index in [0.29, 0.717) is 0 Å². The first-order valence-electron chi connectivity index (χ1n) is 4.79. The van der Waals surface area contributed by atoms with Crippen molar-refractivity contribution in [3.8, 4) is 0 Å². The highest BCUT2D eigenvalue weighted by Gasteiger charge is 2.18. The molecule has 0 radical (unpaired) electrons. The lowest BCUT2D eigenvalue weighted by atomic mass is 10.1. The van der Waals surface area contributed by atoms with Crippen LogP contribution in [0.25, 0.3) is 0 Å². The van der Waals surface area contributed by atoms with Gasteiger partial charge in [0, 0.05) is 10.6 Å². The number of nitrogens with zero attached hydrogens (tertiary/aromatic N) is 3. The van der Waals surface area contributed by atoms with Crippen molar-refractivity contribution in [1.82, 2.24) is 20.4 Å². The Morgan fingerprint density at radius 1 is 1.44 bits per heavy atom. The summed E-state index contributed by atoms with van der Waals surface area (Å²) in [6.07, 6.45) is 1.72. The van der Waals surface area contributed by atoms with E-state index in [9.17, 15) is 0 Å². The summed E-state index contributed by atoms with van der Waals surface area (Å²) in [5.74, 6) is 5.61. The summed E-state index contributed by atoms with van der Waals surface area (Å²) in [7, 11) is 1.85. The van der Waals surface area contributed by atoms with Gasteiger partial charge in [0.1, 0.15) is 0 Å². The summed E-state index contributed by atoms with van der Waals surface area (Å²) >= 11 is 2.29. The number of nitrogens with one attached hydrogen (secondary N) is 1. The van der Waals surface area contributed by atoms with Crippen LogP contribution in [0.3, 0.4) is 0 Å². The second-order valence-corrected chi connectivity index (χ2v) is 4.57. The van der Waals surface area contributed by atoms with Gasteiger partial charge in [0.15, 0.2) is 0 Å². The maximum atomic E-state index is 5.61. The second kappa shape index (κ2) is 4.89.